The highest BCUT2D eigenvalue weighted by Gasteiger charge is 2.36. The molecule has 1 saturated heterocycles. The van der Waals surface area contributed by atoms with Gasteiger partial charge in [-0.25, -0.2) is 4.79 Å². The van der Waals surface area contributed by atoms with Crippen molar-refractivity contribution >= 4 is 33.8 Å². The van der Waals surface area contributed by atoms with Crippen LogP contribution < -0.4 is 5.32 Å². The van der Waals surface area contributed by atoms with Gasteiger partial charge in [-0.05, 0) is 24.1 Å². The molecule has 4 amide bonds. The van der Waals surface area contributed by atoms with Crippen molar-refractivity contribution in [3.63, 3.8) is 0 Å². The molecule has 0 bridgehead atoms. The molecule has 0 aliphatic carbocycles. The molecule has 0 spiro atoms. The lowest BCUT2D eigenvalue weighted by Gasteiger charge is -2.10. The Labute approximate surface area is 106 Å². The van der Waals surface area contributed by atoms with Gasteiger partial charge >= 0.3 is 17.8 Å². The van der Waals surface area contributed by atoms with Crippen molar-refractivity contribution in [2.24, 2.45) is 0 Å². The van der Waals surface area contributed by atoms with Crippen LogP contribution in [-0.2, 0) is 16.0 Å². The quantitative estimate of drug-likeness (QED) is 0.670. The van der Waals surface area contributed by atoms with E-state index in [1.807, 2.05) is 29.6 Å². The number of hydrogen-bond acceptors (Lipinski definition) is 3. The topological polar surface area (TPSA) is 66.5 Å². The minimum absolute atomic E-state index is 0.206. The first-order valence-corrected chi connectivity index (χ1v) is 5.78. The fraction of sp³-hybridized carbons (Fsp3) is 0.182. The molecule has 0 radical (unpaired) electrons. The molecule has 2 rings (SSSR count). The van der Waals surface area contributed by atoms with Crippen LogP contribution in [0.4, 0.5) is 4.79 Å². The summed E-state index contributed by atoms with van der Waals surface area (Å²) in [6.07, 6.45) is 0.528. The predicted molar refractivity (Wildman–Crippen MR) is 63.1 cm³/mol. The smallest absolute Gasteiger partial charge is 0.269 e. The normalized spacial score (nSPS) is 15.4. The number of nitrogens with one attached hydrogen (secondary N) is 1. The van der Waals surface area contributed by atoms with E-state index in [9.17, 15) is 14.4 Å². The summed E-state index contributed by atoms with van der Waals surface area (Å²) in [4.78, 5) is 34.4. The summed E-state index contributed by atoms with van der Waals surface area (Å²) in [5.74, 6) is -1.64. The third kappa shape index (κ3) is 2.52. The number of imide groups is 2. The van der Waals surface area contributed by atoms with Crippen molar-refractivity contribution in [3.05, 3.63) is 34.3 Å². The predicted octanol–water partition coefficient (Wildman–Crippen LogP) is 1.07. The SMILES string of the molecule is O=C1NC(=O)N(CCc2ccc(Br)cc2)C1=O. The molecule has 1 aliphatic heterocycles. The van der Waals surface area contributed by atoms with Gasteiger partial charge in [-0.1, -0.05) is 28.1 Å². The van der Waals surface area contributed by atoms with Gasteiger partial charge in [0.25, 0.3) is 0 Å². The van der Waals surface area contributed by atoms with Crippen LogP contribution in [0.2, 0.25) is 0 Å². The number of carbonyl (C=O) groups excluding carboxylic acids is 3. The number of amides is 4. The highest BCUT2D eigenvalue weighted by Crippen LogP contribution is 2.12. The maximum Gasteiger partial charge on any atom is 0.331 e. The van der Waals surface area contributed by atoms with E-state index in [-0.39, 0.29) is 6.54 Å². The molecule has 1 heterocycles. The van der Waals surface area contributed by atoms with Gasteiger partial charge in [0.1, 0.15) is 0 Å². The number of carbonyl (C=O) groups is 3. The van der Waals surface area contributed by atoms with Crippen molar-refractivity contribution in [2.75, 3.05) is 6.54 Å². The third-order valence-corrected chi connectivity index (χ3v) is 2.97. The van der Waals surface area contributed by atoms with E-state index in [1.165, 1.54) is 0 Å². The Hall–Kier alpha value is -1.69. The molecular weight excluding hydrogens is 288 g/mol. The standard InChI is InChI=1S/C11H9BrN2O3/c12-8-3-1-7(2-4-8)5-6-14-10(16)9(15)13-11(14)17/h1-4H,5-6H2,(H,13,15,17). The first-order chi connectivity index (χ1) is 8.08. The van der Waals surface area contributed by atoms with Crippen molar-refractivity contribution in [3.8, 4) is 0 Å². The van der Waals surface area contributed by atoms with E-state index in [0.29, 0.717) is 6.42 Å². The van der Waals surface area contributed by atoms with E-state index in [1.54, 1.807) is 0 Å². The Kier molecular flexibility index (Phi) is 3.23. The Morgan fingerprint density at radius 1 is 1.12 bits per heavy atom. The van der Waals surface area contributed by atoms with Gasteiger partial charge < -0.3 is 0 Å². The fourth-order valence-electron chi connectivity index (χ4n) is 1.53. The van der Waals surface area contributed by atoms with E-state index in [0.717, 1.165) is 14.9 Å². The molecule has 1 aliphatic rings. The zero-order valence-electron chi connectivity index (χ0n) is 8.77. The van der Waals surface area contributed by atoms with Crippen LogP contribution in [0.1, 0.15) is 5.56 Å². The lowest BCUT2D eigenvalue weighted by atomic mass is 10.1. The second-order valence-corrected chi connectivity index (χ2v) is 4.51. The molecule has 0 aromatic heterocycles. The van der Waals surface area contributed by atoms with Crippen molar-refractivity contribution < 1.29 is 14.4 Å². The Bertz CT molecular complexity index is 484. The highest BCUT2D eigenvalue weighted by atomic mass is 79.9. The van der Waals surface area contributed by atoms with Gasteiger partial charge in [-0.15, -0.1) is 0 Å². The monoisotopic (exact) mass is 296 g/mol. The first kappa shape index (κ1) is 11.8. The molecule has 1 fully saturated rings. The molecule has 0 saturated carbocycles. The van der Waals surface area contributed by atoms with Crippen LogP contribution in [0.25, 0.3) is 0 Å². The molecule has 1 N–H and O–H groups in total. The van der Waals surface area contributed by atoms with Crippen LogP contribution in [0.5, 0.6) is 0 Å². The fourth-order valence-corrected chi connectivity index (χ4v) is 1.79. The maximum absolute atomic E-state index is 11.3. The van der Waals surface area contributed by atoms with E-state index in [2.05, 4.69) is 15.9 Å². The van der Waals surface area contributed by atoms with Gasteiger partial charge in [-0.2, -0.15) is 0 Å². The van der Waals surface area contributed by atoms with Gasteiger partial charge in [0.05, 0.1) is 0 Å². The summed E-state index contributed by atoms with van der Waals surface area (Å²) in [5.41, 5.74) is 0.994. The largest absolute Gasteiger partial charge is 0.331 e. The zero-order valence-corrected chi connectivity index (χ0v) is 10.4. The Morgan fingerprint density at radius 2 is 1.76 bits per heavy atom. The summed E-state index contributed by atoms with van der Waals surface area (Å²) < 4.78 is 0.964. The Balaban J connectivity index is 1.99. The number of benzene rings is 1. The van der Waals surface area contributed by atoms with Crippen molar-refractivity contribution in [2.45, 2.75) is 6.42 Å². The highest BCUT2D eigenvalue weighted by molar-refractivity contribution is 9.10. The van der Waals surface area contributed by atoms with Crippen LogP contribution in [-0.4, -0.2) is 29.3 Å². The van der Waals surface area contributed by atoms with Gasteiger partial charge in [0.15, 0.2) is 0 Å². The minimum atomic E-state index is -0.856. The summed E-state index contributed by atoms with van der Waals surface area (Å²) in [6, 6.07) is 6.91. The molecule has 6 heteroatoms. The lowest BCUT2D eigenvalue weighted by Crippen LogP contribution is -2.32. The van der Waals surface area contributed by atoms with Gasteiger partial charge in [0.2, 0.25) is 0 Å². The summed E-state index contributed by atoms with van der Waals surface area (Å²) >= 11 is 3.32. The molecule has 1 aromatic rings. The van der Waals surface area contributed by atoms with Gasteiger partial charge in [-0.3, -0.25) is 19.8 Å². The average molecular weight is 297 g/mol. The zero-order chi connectivity index (χ0) is 12.4. The minimum Gasteiger partial charge on any atom is -0.269 e. The molecular formula is C11H9BrN2O3. The molecule has 0 atom stereocenters. The lowest BCUT2D eigenvalue weighted by molar-refractivity contribution is -0.140. The molecule has 1 aromatic carbocycles. The number of halogens is 1. The molecule has 88 valence electrons. The Morgan fingerprint density at radius 3 is 2.29 bits per heavy atom. The van der Waals surface area contributed by atoms with Crippen LogP contribution in [0, 0.1) is 0 Å². The van der Waals surface area contributed by atoms with E-state index < -0.39 is 17.8 Å². The van der Waals surface area contributed by atoms with Crippen LogP contribution >= 0.6 is 15.9 Å². The van der Waals surface area contributed by atoms with Crippen LogP contribution in [0.15, 0.2) is 28.7 Å². The van der Waals surface area contributed by atoms with E-state index >= 15 is 0 Å². The van der Waals surface area contributed by atoms with Gasteiger partial charge in [0, 0.05) is 11.0 Å². The van der Waals surface area contributed by atoms with Crippen molar-refractivity contribution in [1.82, 2.24) is 10.2 Å². The molecule has 5 nitrogen and oxygen atoms in total. The summed E-state index contributed by atoms with van der Waals surface area (Å²) in [6.45, 7) is 0.206. The molecule has 17 heavy (non-hydrogen) atoms. The van der Waals surface area contributed by atoms with Crippen LogP contribution in [0.3, 0.4) is 0 Å². The van der Waals surface area contributed by atoms with Crippen molar-refractivity contribution in [1.29, 1.82) is 0 Å². The maximum atomic E-state index is 11.3. The second kappa shape index (κ2) is 4.67. The number of rotatable bonds is 3. The second-order valence-electron chi connectivity index (χ2n) is 3.59. The number of urea groups is 1. The first-order valence-electron chi connectivity index (χ1n) is 4.99. The summed E-state index contributed by atoms with van der Waals surface area (Å²) in [5, 5.41) is 1.95. The summed E-state index contributed by atoms with van der Waals surface area (Å²) in [7, 11) is 0. The molecule has 0 unspecified atom stereocenters. The van der Waals surface area contributed by atoms with E-state index in [4.69, 9.17) is 0 Å². The average Bonchev–Trinajstić information content (AvgIpc) is 2.54. The number of nitrogens with zero attached hydrogens (tertiary/aromatic N) is 1. The number of hydrogen-bond donors (Lipinski definition) is 1. The third-order valence-electron chi connectivity index (χ3n) is 2.44.